The van der Waals surface area contributed by atoms with E-state index in [1.54, 1.807) is 0 Å². The number of imidazole rings is 1. The largest absolute Gasteiger partial charge is 0.870 e. The SMILES string of the molecule is CCC[n+]1ccn(C23CC4CC(CC(C4)C2)C3)c1.[OH-]. The van der Waals surface area contributed by atoms with Crippen LogP contribution in [-0.4, -0.2) is 10.0 Å². The van der Waals surface area contributed by atoms with Gasteiger partial charge in [0.25, 0.3) is 0 Å². The lowest BCUT2D eigenvalue weighted by molar-refractivity contribution is -0.696. The molecule has 1 aromatic heterocycles. The van der Waals surface area contributed by atoms with Gasteiger partial charge < -0.3 is 5.48 Å². The molecule has 0 radical (unpaired) electrons. The van der Waals surface area contributed by atoms with E-state index in [2.05, 4.69) is 34.8 Å². The van der Waals surface area contributed by atoms with Gasteiger partial charge in [-0.2, -0.15) is 0 Å². The van der Waals surface area contributed by atoms with Crippen molar-refractivity contribution >= 4 is 0 Å². The van der Waals surface area contributed by atoms with Crippen LogP contribution >= 0.6 is 0 Å². The number of aromatic nitrogens is 2. The summed E-state index contributed by atoms with van der Waals surface area (Å²) in [5.41, 5.74) is 0.508. The summed E-state index contributed by atoms with van der Waals surface area (Å²) in [6, 6.07) is 0. The summed E-state index contributed by atoms with van der Waals surface area (Å²) in [6.45, 7) is 3.43. The Hall–Kier alpha value is -0.830. The summed E-state index contributed by atoms with van der Waals surface area (Å²) >= 11 is 0. The van der Waals surface area contributed by atoms with Crippen molar-refractivity contribution in [2.45, 2.75) is 64.0 Å². The normalized spacial score (nSPS) is 39.3. The second kappa shape index (κ2) is 4.62. The number of aryl methyl sites for hydroxylation is 1. The minimum absolute atomic E-state index is 0. The molecule has 3 heteroatoms. The van der Waals surface area contributed by atoms with Crippen LogP contribution in [0.5, 0.6) is 0 Å². The first-order valence-corrected chi connectivity index (χ1v) is 7.85. The third kappa shape index (κ3) is 2.03. The van der Waals surface area contributed by atoms with Gasteiger partial charge in [0.2, 0.25) is 6.33 Å². The molecule has 4 bridgehead atoms. The maximum absolute atomic E-state index is 2.59. The van der Waals surface area contributed by atoms with Crippen molar-refractivity contribution in [3.05, 3.63) is 18.7 Å². The zero-order valence-electron chi connectivity index (χ0n) is 12.0. The monoisotopic (exact) mass is 262 g/mol. The van der Waals surface area contributed by atoms with E-state index in [0.29, 0.717) is 5.54 Å². The summed E-state index contributed by atoms with van der Waals surface area (Å²) in [5, 5.41) is 0. The second-order valence-electron chi connectivity index (χ2n) is 7.20. The molecule has 4 aliphatic carbocycles. The molecular weight excluding hydrogens is 236 g/mol. The molecule has 3 nitrogen and oxygen atoms in total. The van der Waals surface area contributed by atoms with Crippen LogP contribution in [0.15, 0.2) is 18.7 Å². The lowest BCUT2D eigenvalue weighted by atomic mass is 9.53. The molecule has 4 aliphatic rings. The minimum atomic E-state index is 0. The molecule has 0 spiro atoms. The lowest BCUT2D eigenvalue weighted by Crippen LogP contribution is -2.51. The van der Waals surface area contributed by atoms with Crippen molar-refractivity contribution in [2.75, 3.05) is 0 Å². The Kier molecular flexibility index (Phi) is 3.20. The van der Waals surface area contributed by atoms with E-state index >= 15 is 0 Å². The highest BCUT2D eigenvalue weighted by Gasteiger charge is 2.54. The second-order valence-corrected chi connectivity index (χ2v) is 7.20. The molecule has 1 N–H and O–H groups in total. The number of rotatable bonds is 3. The summed E-state index contributed by atoms with van der Waals surface area (Å²) in [5.74, 6) is 3.12. The quantitative estimate of drug-likeness (QED) is 0.772. The molecule has 0 saturated heterocycles. The average molecular weight is 262 g/mol. The Balaban J connectivity index is 0.00000110. The fraction of sp³-hybridized carbons (Fsp3) is 0.812. The number of hydrogen-bond donors (Lipinski definition) is 0. The summed E-state index contributed by atoms with van der Waals surface area (Å²) in [6.07, 6.45) is 17.2. The van der Waals surface area contributed by atoms with Crippen molar-refractivity contribution in [3.8, 4) is 0 Å². The highest BCUT2D eigenvalue weighted by atomic mass is 16.0. The van der Waals surface area contributed by atoms with Gasteiger partial charge in [-0.3, -0.25) is 0 Å². The summed E-state index contributed by atoms with van der Waals surface area (Å²) < 4.78 is 4.96. The first-order chi connectivity index (χ1) is 8.77. The van der Waals surface area contributed by atoms with Crippen LogP contribution in [0.25, 0.3) is 0 Å². The Morgan fingerprint density at radius 1 is 1.11 bits per heavy atom. The smallest absolute Gasteiger partial charge is 0.244 e. The summed E-state index contributed by atoms with van der Waals surface area (Å²) in [7, 11) is 0. The van der Waals surface area contributed by atoms with Gasteiger partial charge in [0, 0.05) is 0 Å². The molecule has 0 aromatic carbocycles. The van der Waals surface area contributed by atoms with Crippen LogP contribution in [0.1, 0.15) is 51.9 Å². The van der Waals surface area contributed by atoms with Gasteiger partial charge in [0.15, 0.2) is 0 Å². The van der Waals surface area contributed by atoms with Crippen LogP contribution in [0, 0.1) is 17.8 Å². The van der Waals surface area contributed by atoms with Crippen LogP contribution in [0.2, 0.25) is 0 Å². The molecule has 4 fully saturated rings. The van der Waals surface area contributed by atoms with Crippen LogP contribution in [0.4, 0.5) is 0 Å². The fourth-order valence-electron chi connectivity index (χ4n) is 5.45. The van der Waals surface area contributed by atoms with E-state index in [4.69, 9.17) is 0 Å². The molecule has 106 valence electrons. The standard InChI is InChI=1S/C16H25N2.H2O/c1-2-3-17-4-5-18(12-17)16-9-13-6-14(10-16)8-15(7-13)11-16;/h4-5,12-15H,2-3,6-11H2,1H3;1H2/q+1;/p-1. The lowest BCUT2D eigenvalue weighted by Gasteiger charge is -2.54. The highest BCUT2D eigenvalue weighted by molar-refractivity contribution is 5.05. The topological polar surface area (TPSA) is 38.8 Å². The molecule has 5 rings (SSSR count). The highest BCUT2D eigenvalue weighted by Crippen LogP contribution is 2.58. The van der Waals surface area contributed by atoms with Gasteiger partial charge in [-0.25, -0.2) is 9.13 Å². The van der Waals surface area contributed by atoms with Gasteiger partial charge in [0.1, 0.15) is 17.9 Å². The third-order valence-electron chi connectivity index (χ3n) is 5.73. The first-order valence-electron chi connectivity index (χ1n) is 7.85. The molecule has 19 heavy (non-hydrogen) atoms. The molecule has 0 atom stereocenters. The Labute approximate surface area is 115 Å². The Morgan fingerprint density at radius 3 is 2.21 bits per heavy atom. The molecule has 4 saturated carbocycles. The van der Waals surface area contributed by atoms with Gasteiger partial charge in [-0.1, -0.05) is 6.92 Å². The van der Waals surface area contributed by atoms with E-state index in [1.165, 1.54) is 51.5 Å². The molecule has 1 aromatic rings. The van der Waals surface area contributed by atoms with Gasteiger partial charge in [0.05, 0.1) is 6.54 Å². The van der Waals surface area contributed by atoms with Crippen LogP contribution in [-0.2, 0) is 12.1 Å². The van der Waals surface area contributed by atoms with Crippen molar-refractivity contribution in [1.82, 2.24) is 4.57 Å². The maximum atomic E-state index is 2.59. The van der Waals surface area contributed by atoms with Crippen molar-refractivity contribution in [2.24, 2.45) is 17.8 Å². The number of nitrogens with zero attached hydrogens (tertiary/aromatic N) is 2. The zero-order chi connectivity index (χ0) is 12.2. The first kappa shape index (κ1) is 13.2. The molecule has 0 amide bonds. The van der Waals surface area contributed by atoms with E-state index in [0.717, 1.165) is 17.8 Å². The molecule has 1 heterocycles. The van der Waals surface area contributed by atoms with E-state index < -0.39 is 0 Å². The molecular formula is C16H26N2O. The predicted octanol–water partition coefficient (Wildman–Crippen LogP) is 2.93. The average Bonchev–Trinajstić information content (AvgIpc) is 2.77. The Morgan fingerprint density at radius 2 is 1.68 bits per heavy atom. The maximum Gasteiger partial charge on any atom is 0.244 e. The Bertz CT molecular complexity index is 416. The molecule has 0 unspecified atom stereocenters. The molecule has 0 aliphatic heterocycles. The minimum Gasteiger partial charge on any atom is -0.870 e. The van der Waals surface area contributed by atoms with Gasteiger partial charge in [-0.15, -0.1) is 0 Å². The van der Waals surface area contributed by atoms with Crippen LogP contribution in [0.3, 0.4) is 0 Å². The van der Waals surface area contributed by atoms with Crippen molar-refractivity contribution in [1.29, 1.82) is 0 Å². The van der Waals surface area contributed by atoms with E-state index in [9.17, 15) is 0 Å². The van der Waals surface area contributed by atoms with Gasteiger partial charge >= 0.3 is 0 Å². The predicted molar refractivity (Wildman–Crippen MR) is 73.0 cm³/mol. The van der Waals surface area contributed by atoms with Crippen LogP contribution < -0.4 is 4.57 Å². The number of hydrogen-bond acceptors (Lipinski definition) is 1. The van der Waals surface area contributed by atoms with E-state index in [1.807, 2.05) is 0 Å². The van der Waals surface area contributed by atoms with E-state index in [-0.39, 0.29) is 5.48 Å². The summed E-state index contributed by atoms with van der Waals surface area (Å²) in [4.78, 5) is 0. The zero-order valence-corrected chi connectivity index (χ0v) is 12.0. The van der Waals surface area contributed by atoms with Gasteiger partial charge in [-0.05, 0) is 62.7 Å². The van der Waals surface area contributed by atoms with Crippen molar-refractivity contribution in [3.63, 3.8) is 0 Å². The van der Waals surface area contributed by atoms with Crippen molar-refractivity contribution < 1.29 is 10.0 Å². The third-order valence-corrected chi connectivity index (χ3v) is 5.73. The fourth-order valence-corrected chi connectivity index (χ4v) is 5.45.